The van der Waals surface area contributed by atoms with Crippen molar-refractivity contribution in [2.45, 2.75) is 13.5 Å². The summed E-state index contributed by atoms with van der Waals surface area (Å²) in [4.78, 5) is 4.17. The van der Waals surface area contributed by atoms with Gasteiger partial charge in [0.05, 0.1) is 17.3 Å². The summed E-state index contributed by atoms with van der Waals surface area (Å²) < 4.78 is 27.7. The van der Waals surface area contributed by atoms with E-state index in [2.05, 4.69) is 41.0 Å². The summed E-state index contributed by atoms with van der Waals surface area (Å²) in [5.74, 6) is 0. The molecule has 1 heterocycles. The molecule has 1 rings (SSSR count). The number of aromatic nitrogens is 1. The molecule has 4 nitrogen and oxygen atoms in total. The molecule has 84 valence electrons. The number of hydrogen-bond donors (Lipinski definition) is 0. The van der Waals surface area contributed by atoms with Crippen LogP contribution in [0.5, 0.6) is 0 Å². The molecule has 15 heavy (non-hydrogen) atoms. The van der Waals surface area contributed by atoms with E-state index >= 15 is 0 Å². The van der Waals surface area contributed by atoms with Gasteiger partial charge in [0.25, 0.3) is 10.1 Å². The number of hydrogen-bond acceptors (Lipinski definition) is 4. The van der Waals surface area contributed by atoms with E-state index in [1.54, 1.807) is 13.0 Å². The minimum atomic E-state index is -3.42. The maximum Gasteiger partial charge on any atom is 0.264 e. The van der Waals surface area contributed by atoms with Gasteiger partial charge in [-0.3, -0.25) is 4.18 Å². The first-order chi connectivity index (χ1) is 6.79. The van der Waals surface area contributed by atoms with Crippen LogP contribution in [0.4, 0.5) is 0 Å². The van der Waals surface area contributed by atoms with Gasteiger partial charge in [0, 0.05) is 11.3 Å². The van der Waals surface area contributed by atoms with Gasteiger partial charge in [0.15, 0.2) is 0 Å². The lowest BCUT2D eigenvalue weighted by Crippen LogP contribution is -2.04. The van der Waals surface area contributed by atoms with Crippen LogP contribution >= 0.6 is 31.9 Å². The topological polar surface area (TPSA) is 56.3 Å². The van der Waals surface area contributed by atoms with Crippen LogP contribution in [0, 0.1) is 6.92 Å². The molecule has 0 radical (unpaired) electrons. The fourth-order valence-corrected chi connectivity index (χ4v) is 1.99. The van der Waals surface area contributed by atoms with Gasteiger partial charge in [-0.25, -0.2) is 4.98 Å². The van der Waals surface area contributed by atoms with E-state index in [-0.39, 0.29) is 6.61 Å². The molecule has 0 spiro atoms. The van der Waals surface area contributed by atoms with E-state index in [4.69, 9.17) is 0 Å². The molecule has 0 saturated carbocycles. The minimum Gasteiger partial charge on any atom is -0.265 e. The van der Waals surface area contributed by atoms with E-state index in [1.807, 2.05) is 0 Å². The highest BCUT2D eigenvalue weighted by Gasteiger charge is 2.08. The summed E-state index contributed by atoms with van der Waals surface area (Å²) in [6.07, 6.45) is 1.02. The monoisotopic (exact) mass is 357 g/mol. The van der Waals surface area contributed by atoms with Crippen LogP contribution in [-0.4, -0.2) is 19.7 Å². The number of rotatable bonds is 3. The summed E-state index contributed by atoms with van der Waals surface area (Å²) in [6, 6.07) is 1.78. The Balaban J connectivity index is 2.91. The predicted molar refractivity (Wildman–Crippen MR) is 64.0 cm³/mol. The molecule has 0 aliphatic rings. The van der Waals surface area contributed by atoms with Crippen molar-refractivity contribution in [3.8, 4) is 0 Å². The van der Waals surface area contributed by atoms with E-state index in [1.165, 1.54) is 0 Å². The number of halogens is 2. The van der Waals surface area contributed by atoms with Gasteiger partial charge in [0.1, 0.15) is 4.60 Å². The van der Waals surface area contributed by atoms with Gasteiger partial charge >= 0.3 is 0 Å². The Morgan fingerprint density at radius 2 is 2.07 bits per heavy atom. The van der Waals surface area contributed by atoms with E-state index in [0.717, 1.165) is 22.0 Å². The summed E-state index contributed by atoms with van der Waals surface area (Å²) in [5.41, 5.74) is 1.46. The molecule has 0 bridgehead atoms. The smallest absolute Gasteiger partial charge is 0.264 e. The van der Waals surface area contributed by atoms with Crippen LogP contribution in [0.2, 0.25) is 0 Å². The highest BCUT2D eigenvalue weighted by molar-refractivity contribution is 9.13. The summed E-state index contributed by atoms with van der Waals surface area (Å²) in [7, 11) is -3.42. The summed E-state index contributed by atoms with van der Waals surface area (Å²) >= 11 is 6.54. The molecule has 1 aromatic heterocycles. The Morgan fingerprint density at radius 3 is 2.60 bits per heavy atom. The predicted octanol–water partition coefficient (Wildman–Crippen LogP) is 2.39. The highest BCUT2D eigenvalue weighted by Crippen LogP contribution is 2.23. The zero-order valence-electron chi connectivity index (χ0n) is 8.12. The van der Waals surface area contributed by atoms with Gasteiger partial charge in [0.2, 0.25) is 0 Å². The highest BCUT2D eigenvalue weighted by atomic mass is 79.9. The third-order valence-corrected chi connectivity index (χ3v) is 3.94. The first-order valence-corrected chi connectivity index (χ1v) is 7.36. The van der Waals surface area contributed by atoms with E-state index < -0.39 is 10.1 Å². The molecular weight excluding hydrogens is 350 g/mol. The SMILES string of the molecule is Cc1nc(Br)c(Br)cc1COS(C)(=O)=O. The molecule has 0 atom stereocenters. The Hall–Kier alpha value is 0.0200. The Morgan fingerprint density at radius 1 is 1.47 bits per heavy atom. The Bertz CT molecular complexity index is 473. The average Bonchev–Trinajstić information content (AvgIpc) is 2.07. The average molecular weight is 359 g/mol. The van der Waals surface area contributed by atoms with Crippen molar-refractivity contribution < 1.29 is 12.6 Å². The van der Waals surface area contributed by atoms with Crippen molar-refractivity contribution in [3.63, 3.8) is 0 Å². The van der Waals surface area contributed by atoms with Crippen LogP contribution in [-0.2, 0) is 20.9 Å². The molecular formula is C8H9Br2NO3S. The maximum atomic E-state index is 10.8. The summed E-state index contributed by atoms with van der Waals surface area (Å²) in [5, 5.41) is 0. The maximum absolute atomic E-state index is 10.8. The zero-order valence-corrected chi connectivity index (χ0v) is 12.1. The molecule has 7 heteroatoms. The standard InChI is InChI=1S/C8H9Br2NO3S/c1-5-6(4-14-15(2,12)13)3-7(9)8(10)11-5/h3H,4H2,1-2H3. The van der Waals surface area contributed by atoms with Crippen LogP contribution in [0.15, 0.2) is 15.1 Å². The van der Waals surface area contributed by atoms with Gasteiger partial charge in [-0.1, -0.05) is 0 Å². The lowest BCUT2D eigenvalue weighted by atomic mass is 10.2. The van der Waals surface area contributed by atoms with Crippen LogP contribution < -0.4 is 0 Å². The molecule has 0 saturated heterocycles. The van der Waals surface area contributed by atoms with Gasteiger partial charge < -0.3 is 0 Å². The van der Waals surface area contributed by atoms with Crippen molar-refractivity contribution in [1.29, 1.82) is 0 Å². The lowest BCUT2D eigenvalue weighted by molar-refractivity contribution is 0.310. The van der Waals surface area contributed by atoms with Crippen molar-refractivity contribution in [3.05, 3.63) is 26.4 Å². The second-order valence-electron chi connectivity index (χ2n) is 2.97. The number of pyridine rings is 1. The molecule has 0 aliphatic heterocycles. The molecule has 0 N–H and O–H groups in total. The third kappa shape index (κ3) is 4.18. The quantitative estimate of drug-likeness (QED) is 0.615. The van der Waals surface area contributed by atoms with Gasteiger partial charge in [-0.2, -0.15) is 8.42 Å². The second kappa shape index (κ2) is 4.90. The van der Waals surface area contributed by atoms with Gasteiger partial charge in [-0.05, 0) is 44.8 Å². The molecule has 0 unspecified atom stereocenters. The van der Waals surface area contributed by atoms with E-state index in [9.17, 15) is 8.42 Å². The van der Waals surface area contributed by atoms with Crippen LogP contribution in [0.25, 0.3) is 0 Å². The van der Waals surface area contributed by atoms with Crippen molar-refractivity contribution in [2.75, 3.05) is 6.26 Å². The second-order valence-corrected chi connectivity index (χ2v) is 6.22. The third-order valence-electron chi connectivity index (χ3n) is 1.66. The zero-order chi connectivity index (χ0) is 11.6. The van der Waals surface area contributed by atoms with Gasteiger partial charge in [-0.15, -0.1) is 0 Å². The molecule has 0 amide bonds. The summed E-state index contributed by atoms with van der Waals surface area (Å²) in [6.45, 7) is 1.79. The Kier molecular flexibility index (Phi) is 4.28. The van der Waals surface area contributed by atoms with E-state index in [0.29, 0.717) is 4.60 Å². The van der Waals surface area contributed by atoms with Crippen molar-refractivity contribution >= 4 is 42.0 Å². The molecule has 0 fully saturated rings. The Labute approximate surface area is 105 Å². The molecule has 0 aliphatic carbocycles. The van der Waals surface area contributed by atoms with Crippen LogP contribution in [0.3, 0.4) is 0 Å². The van der Waals surface area contributed by atoms with Crippen molar-refractivity contribution in [2.24, 2.45) is 0 Å². The fourth-order valence-electron chi connectivity index (χ4n) is 0.906. The normalized spacial score (nSPS) is 11.7. The van der Waals surface area contributed by atoms with Crippen LogP contribution in [0.1, 0.15) is 11.3 Å². The minimum absolute atomic E-state index is 0.00352. The number of aryl methyl sites for hydroxylation is 1. The van der Waals surface area contributed by atoms with Crippen molar-refractivity contribution in [1.82, 2.24) is 4.98 Å². The molecule has 0 aromatic carbocycles. The fraction of sp³-hybridized carbons (Fsp3) is 0.375. The number of nitrogens with zero attached hydrogens (tertiary/aromatic N) is 1. The lowest BCUT2D eigenvalue weighted by Gasteiger charge is -2.06. The molecule has 1 aromatic rings. The first kappa shape index (κ1) is 13.1. The largest absolute Gasteiger partial charge is 0.265 e. The first-order valence-electron chi connectivity index (χ1n) is 3.95.